The number of nitrogens with two attached hydrogens (primary N) is 1. The van der Waals surface area contributed by atoms with Gasteiger partial charge in [0.05, 0.1) is 23.5 Å². The van der Waals surface area contributed by atoms with Gasteiger partial charge in [-0.3, -0.25) is 0 Å². The standard InChI is InChI=1S/C16H25N3O2/c1-4-21-16(20)12-7-8-15(14(17)10-12)19-9-5-6-13(11-19)18(2)3/h7-8,10,13H,4-6,9,11,17H2,1-3H3. The zero-order chi connectivity index (χ0) is 15.4. The van der Waals surface area contributed by atoms with Crippen molar-refractivity contribution >= 4 is 17.3 Å². The summed E-state index contributed by atoms with van der Waals surface area (Å²) in [5.41, 5.74) is 8.31. The van der Waals surface area contributed by atoms with E-state index >= 15 is 0 Å². The third kappa shape index (κ3) is 3.67. The number of rotatable bonds is 4. The second-order valence-electron chi connectivity index (χ2n) is 5.70. The molecule has 1 aromatic carbocycles. The number of esters is 1. The minimum atomic E-state index is -0.319. The molecule has 0 spiro atoms. The first-order valence-corrected chi connectivity index (χ1v) is 7.51. The van der Waals surface area contributed by atoms with Gasteiger partial charge in [0.25, 0.3) is 0 Å². The first-order chi connectivity index (χ1) is 10.0. The number of hydrogen-bond donors (Lipinski definition) is 1. The number of likely N-dealkylation sites (N-methyl/N-ethyl adjacent to an activating group) is 1. The molecule has 21 heavy (non-hydrogen) atoms. The predicted octanol–water partition coefficient (Wildman–Crippen LogP) is 1.98. The topological polar surface area (TPSA) is 58.8 Å². The van der Waals surface area contributed by atoms with Gasteiger partial charge in [0.1, 0.15) is 0 Å². The third-order valence-electron chi connectivity index (χ3n) is 4.01. The molecule has 0 amide bonds. The van der Waals surface area contributed by atoms with Gasteiger partial charge in [0.2, 0.25) is 0 Å². The highest BCUT2D eigenvalue weighted by Gasteiger charge is 2.23. The van der Waals surface area contributed by atoms with Crippen molar-refractivity contribution in [2.24, 2.45) is 0 Å². The van der Waals surface area contributed by atoms with Crippen molar-refractivity contribution in [3.63, 3.8) is 0 Å². The molecule has 0 aromatic heterocycles. The quantitative estimate of drug-likeness (QED) is 0.679. The summed E-state index contributed by atoms with van der Waals surface area (Å²) in [5.74, 6) is -0.319. The largest absolute Gasteiger partial charge is 0.462 e. The van der Waals surface area contributed by atoms with E-state index in [2.05, 4.69) is 23.9 Å². The highest BCUT2D eigenvalue weighted by molar-refractivity contribution is 5.92. The number of carbonyl (C=O) groups excluding carboxylic acids is 1. The summed E-state index contributed by atoms with van der Waals surface area (Å²) >= 11 is 0. The molecule has 1 aliphatic rings. The lowest BCUT2D eigenvalue weighted by Gasteiger charge is -2.38. The lowest BCUT2D eigenvalue weighted by Crippen LogP contribution is -2.45. The van der Waals surface area contributed by atoms with Crippen LogP contribution in [0.25, 0.3) is 0 Å². The fourth-order valence-electron chi connectivity index (χ4n) is 2.78. The summed E-state index contributed by atoms with van der Waals surface area (Å²) in [6.45, 7) is 4.14. The number of ether oxygens (including phenoxy) is 1. The molecule has 1 saturated heterocycles. The Kier molecular flexibility index (Phi) is 5.07. The molecule has 5 nitrogen and oxygen atoms in total. The summed E-state index contributed by atoms with van der Waals surface area (Å²) in [6.07, 6.45) is 2.37. The Balaban J connectivity index is 2.15. The molecule has 0 bridgehead atoms. The van der Waals surface area contributed by atoms with Gasteiger partial charge in [0.15, 0.2) is 0 Å². The van der Waals surface area contributed by atoms with E-state index in [0.29, 0.717) is 23.9 Å². The van der Waals surface area contributed by atoms with E-state index < -0.39 is 0 Å². The van der Waals surface area contributed by atoms with Gasteiger partial charge in [-0.05, 0) is 52.1 Å². The normalized spacial score (nSPS) is 18.9. The Bertz CT molecular complexity index is 502. The molecule has 0 radical (unpaired) electrons. The fourth-order valence-corrected chi connectivity index (χ4v) is 2.78. The molecular weight excluding hydrogens is 266 g/mol. The zero-order valence-electron chi connectivity index (χ0n) is 13.1. The third-order valence-corrected chi connectivity index (χ3v) is 4.01. The first-order valence-electron chi connectivity index (χ1n) is 7.51. The number of carbonyl (C=O) groups is 1. The average molecular weight is 291 g/mol. The van der Waals surface area contributed by atoms with E-state index in [4.69, 9.17) is 10.5 Å². The van der Waals surface area contributed by atoms with Crippen LogP contribution in [0.15, 0.2) is 18.2 Å². The van der Waals surface area contributed by atoms with E-state index in [1.165, 1.54) is 6.42 Å². The van der Waals surface area contributed by atoms with Crippen LogP contribution < -0.4 is 10.6 Å². The molecule has 0 aliphatic carbocycles. The lowest BCUT2D eigenvalue weighted by molar-refractivity contribution is 0.0526. The number of nitrogen functional groups attached to an aromatic ring is 1. The van der Waals surface area contributed by atoms with Crippen molar-refractivity contribution in [3.05, 3.63) is 23.8 Å². The number of anilines is 2. The summed E-state index contributed by atoms with van der Waals surface area (Å²) < 4.78 is 5.00. The van der Waals surface area contributed by atoms with Crippen molar-refractivity contribution in [3.8, 4) is 0 Å². The van der Waals surface area contributed by atoms with E-state index in [0.717, 1.165) is 25.2 Å². The predicted molar refractivity (Wildman–Crippen MR) is 85.7 cm³/mol. The van der Waals surface area contributed by atoms with Gasteiger partial charge >= 0.3 is 5.97 Å². The van der Waals surface area contributed by atoms with Crippen molar-refractivity contribution in [2.75, 3.05) is 44.4 Å². The molecule has 1 aliphatic heterocycles. The maximum atomic E-state index is 11.7. The van der Waals surface area contributed by atoms with Crippen LogP contribution in [0.1, 0.15) is 30.1 Å². The van der Waals surface area contributed by atoms with Crippen molar-refractivity contribution in [1.29, 1.82) is 0 Å². The molecule has 0 saturated carbocycles. The van der Waals surface area contributed by atoms with Crippen molar-refractivity contribution in [1.82, 2.24) is 4.90 Å². The van der Waals surface area contributed by atoms with E-state index in [1.807, 2.05) is 6.07 Å². The molecule has 2 rings (SSSR count). The van der Waals surface area contributed by atoms with Crippen LogP contribution in [0.5, 0.6) is 0 Å². The van der Waals surface area contributed by atoms with Gasteiger partial charge in [-0.25, -0.2) is 4.79 Å². The minimum absolute atomic E-state index is 0.319. The van der Waals surface area contributed by atoms with E-state index in [-0.39, 0.29) is 5.97 Å². The molecule has 1 fully saturated rings. The summed E-state index contributed by atoms with van der Waals surface area (Å²) in [4.78, 5) is 16.3. The molecule has 2 N–H and O–H groups in total. The fraction of sp³-hybridized carbons (Fsp3) is 0.562. The molecule has 116 valence electrons. The Labute approximate surface area is 126 Å². The smallest absolute Gasteiger partial charge is 0.338 e. The molecular formula is C16H25N3O2. The molecule has 1 heterocycles. The summed E-state index contributed by atoms with van der Waals surface area (Å²) in [6, 6.07) is 5.98. The number of piperidine rings is 1. The minimum Gasteiger partial charge on any atom is -0.462 e. The molecule has 1 aromatic rings. The van der Waals surface area contributed by atoms with Crippen LogP contribution >= 0.6 is 0 Å². The van der Waals surface area contributed by atoms with Crippen LogP contribution in [-0.4, -0.2) is 50.7 Å². The first kappa shape index (κ1) is 15.6. The Morgan fingerprint density at radius 3 is 2.86 bits per heavy atom. The summed E-state index contributed by atoms with van der Waals surface area (Å²) in [5, 5.41) is 0. The van der Waals surface area contributed by atoms with Crippen LogP contribution in [0.4, 0.5) is 11.4 Å². The highest BCUT2D eigenvalue weighted by Crippen LogP contribution is 2.28. The maximum absolute atomic E-state index is 11.7. The maximum Gasteiger partial charge on any atom is 0.338 e. The monoisotopic (exact) mass is 291 g/mol. The van der Waals surface area contributed by atoms with E-state index in [9.17, 15) is 4.79 Å². The van der Waals surface area contributed by atoms with Crippen LogP contribution in [0.2, 0.25) is 0 Å². The molecule has 5 heteroatoms. The number of benzene rings is 1. The van der Waals surface area contributed by atoms with Crippen molar-refractivity contribution in [2.45, 2.75) is 25.8 Å². The van der Waals surface area contributed by atoms with Crippen LogP contribution in [-0.2, 0) is 4.74 Å². The number of nitrogens with zero attached hydrogens (tertiary/aromatic N) is 2. The van der Waals surface area contributed by atoms with E-state index in [1.54, 1.807) is 19.1 Å². The summed E-state index contributed by atoms with van der Waals surface area (Å²) in [7, 11) is 4.22. The lowest BCUT2D eigenvalue weighted by atomic mass is 10.0. The SMILES string of the molecule is CCOC(=O)c1ccc(N2CCCC(N(C)C)C2)c(N)c1. The zero-order valence-corrected chi connectivity index (χ0v) is 13.1. The Morgan fingerprint density at radius 1 is 1.48 bits per heavy atom. The highest BCUT2D eigenvalue weighted by atomic mass is 16.5. The van der Waals surface area contributed by atoms with Crippen LogP contribution in [0, 0.1) is 0 Å². The van der Waals surface area contributed by atoms with Gasteiger partial charge in [0, 0.05) is 19.1 Å². The second kappa shape index (κ2) is 6.80. The molecule has 1 unspecified atom stereocenters. The van der Waals surface area contributed by atoms with Crippen molar-refractivity contribution < 1.29 is 9.53 Å². The Morgan fingerprint density at radius 2 is 2.24 bits per heavy atom. The van der Waals surface area contributed by atoms with Gasteiger partial charge in [-0.2, -0.15) is 0 Å². The number of hydrogen-bond acceptors (Lipinski definition) is 5. The van der Waals surface area contributed by atoms with Gasteiger partial charge in [-0.1, -0.05) is 0 Å². The Hall–Kier alpha value is -1.75. The second-order valence-corrected chi connectivity index (χ2v) is 5.70. The molecule has 1 atom stereocenters. The van der Waals surface area contributed by atoms with Crippen LogP contribution in [0.3, 0.4) is 0 Å². The van der Waals surface area contributed by atoms with Gasteiger partial charge in [-0.15, -0.1) is 0 Å². The van der Waals surface area contributed by atoms with Gasteiger partial charge < -0.3 is 20.3 Å². The average Bonchev–Trinajstić information content (AvgIpc) is 2.47.